The summed E-state index contributed by atoms with van der Waals surface area (Å²) in [5, 5.41) is 12.5. The third-order valence-electron chi connectivity index (χ3n) is 4.54. The van der Waals surface area contributed by atoms with E-state index in [1.165, 1.54) is 19.3 Å². The second kappa shape index (κ2) is 9.56. The summed E-state index contributed by atoms with van der Waals surface area (Å²) >= 11 is 0. The van der Waals surface area contributed by atoms with E-state index in [1.54, 1.807) is 6.07 Å². The summed E-state index contributed by atoms with van der Waals surface area (Å²) in [6.45, 7) is 2.82. The molecule has 1 aromatic carbocycles. The zero-order chi connectivity index (χ0) is 16.5. The molecule has 1 aromatic rings. The van der Waals surface area contributed by atoms with Gasteiger partial charge in [0.15, 0.2) is 0 Å². The number of amides is 1. The normalized spacial score (nSPS) is 16.8. The summed E-state index contributed by atoms with van der Waals surface area (Å²) < 4.78 is 5.59. The molecule has 128 valence electrons. The zero-order valence-electron chi connectivity index (χ0n) is 14.1. The number of aliphatic hydroxyl groups is 1. The van der Waals surface area contributed by atoms with Crippen molar-refractivity contribution in [2.45, 2.75) is 57.9 Å². The van der Waals surface area contributed by atoms with Crippen LogP contribution in [0.5, 0.6) is 5.75 Å². The van der Waals surface area contributed by atoms with Crippen molar-refractivity contribution in [3.05, 3.63) is 29.8 Å². The Morgan fingerprint density at radius 2 is 2.13 bits per heavy atom. The Morgan fingerprint density at radius 1 is 1.35 bits per heavy atom. The molecule has 1 aliphatic rings. The zero-order valence-corrected chi connectivity index (χ0v) is 14.1. The molecule has 0 spiro atoms. The van der Waals surface area contributed by atoms with Gasteiger partial charge in [0.2, 0.25) is 0 Å². The summed E-state index contributed by atoms with van der Waals surface area (Å²) in [6.07, 6.45) is 7.59. The number of ether oxygens (including phenoxy) is 1. The van der Waals surface area contributed by atoms with Crippen LogP contribution in [0.25, 0.3) is 0 Å². The predicted octanol–water partition coefficient (Wildman–Crippen LogP) is 3.54. The van der Waals surface area contributed by atoms with Gasteiger partial charge in [0.25, 0.3) is 5.91 Å². The topological polar surface area (TPSA) is 58.6 Å². The number of rotatable bonds is 8. The van der Waals surface area contributed by atoms with Gasteiger partial charge >= 0.3 is 0 Å². The molecule has 1 unspecified atom stereocenters. The van der Waals surface area contributed by atoms with Crippen LogP contribution < -0.4 is 10.1 Å². The third-order valence-corrected chi connectivity index (χ3v) is 4.54. The standard InChI is InChI=1S/C19H29NO3/c1-2-13-23-17-10-6-9-16(14-17)19(22)20-18(11-12-21)15-7-4-3-5-8-15/h6,9-10,14-15,18,21H,2-5,7-8,11-13H2,1H3,(H,20,22). The minimum Gasteiger partial charge on any atom is -0.494 e. The average molecular weight is 319 g/mol. The van der Waals surface area contributed by atoms with Crippen molar-refractivity contribution in [1.82, 2.24) is 5.32 Å². The Labute approximate surface area is 139 Å². The van der Waals surface area contributed by atoms with Crippen LogP contribution in [0.3, 0.4) is 0 Å². The Morgan fingerprint density at radius 3 is 2.83 bits per heavy atom. The minimum absolute atomic E-state index is 0.0630. The first-order valence-corrected chi connectivity index (χ1v) is 8.89. The molecule has 1 saturated carbocycles. The molecule has 0 aliphatic heterocycles. The van der Waals surface area contributed by atoms with E-state index in [-0.39, 0.29) is 18.6 Å². The van der Waals surface area contributed by atoms with E-state index in [9.17, 15) is 9.90 Å². The number of hydrogen-bond acceptors (Lipinski definition) is 3. The third kappa shape index (κ3) is 5.54. The lowest BCUT2D eigenvalue weighted by Crippen LogP contribution is -2.41. The molecule has 0 heterocycles. The van der Waals surface area contributed by atoms with Crippen molar-refractivity contribution in [2.75, 3.05) is 13.2 Å². The van der Waals surface area contributed by atoms with E-state index in [4.69, 9.17) is 4.74 Å². The molecule has 0 aromatic heterocycles. The molecular weight excluding hydrogens is 290 g/mol. The maximum Gasteiger partial charge on any atom is 0.251 e. The fourth-order valence-corrected chi connectivity index (χ4v) is 3.30. The first kappa shape index (κ1) is 17.8. The highest BCUT2D eigenvalue weighted by molar-refractivity contribution is 5.94. The molecule has 0 bridgehead atoms. The van der Waals surface area contributed by atoms with Crippen molar-refractivity contribution in [3.8, 4) is 5.75 Å². The number of nitrogens with one attached hydrogen (secondary N) is 1. The van der Waals surface area contributed by atoms with Crippen LogP contribution in [0.1, 0.15) is 62.2 Å². The van der Waals surface area contributed by atoms with E-state index in [1.807, 2.05) is 18.2 Å². The highest BCUT2D eigenvalue weighted by Gasteiger charge is 2.25. The van der Waals surface area contributed by atoms with Gasteiger partial charge in [-0.3, -0.25) is 4.79 Å². The molecule has 1 fully saturated rings. The molecule has 0 radical (unpaired) electrons. The van der Waals surface area contributed by atoms with Crippen molar-refractivity contribution >= 4 is 5.91 Å². The van der Waals surface area contributed by atoms with Crippen LogP contribution in [0.4, 0.5) is 0 Å². The molecule has 1 aliphatic carbocycles. The van der Waals surface area contributed by atoms with Crippen LogP contribution in [0.15, 0.2) is 24.3 Å². The van der Waals surface area contributed by atoms with Crippen molar-refractivity contribution in [2.24, 2.45) is 5.92 Å². The van der Waals surface area contributed by atoms with Crippen molar-refractivity contribution in [1.29, 1.82) is 0 Å². The largest absolute Gasteiger partial charge is 0.494 e. The lowest BCUT2D eigenvalue weighted by Gasteiger charge is -2.30. The number of benzene rings is 1. The molecule has 4 nitrogen and oxygen atoms in total. The Kier molecular flexibility index (Phi) is 7.40. The first-order chi connectivity index (χ1) is 11.2. The molecule has 0 saturated heterocycles. The van der Waals surface area contributed by atoms with Crippen LogP contribution in [0.2, 0.25) is 0 Å². The van der Waals surface area contributed by atoms with Crippen LogP contribution in [-0.4, -0.2) is 30.3 Å². The lowest BCUT2D eigenvalue weighted by atomic mass is 9.82. The SMILES string of the molecule is CCCOc1cccc(C(=O)NC(CCO)C2CCCCC2)c1. The highest BCUT2D eigenvalue weighted by Crippen LogP contribution is 2.28. The van der Waals surface area contributed by atoms with Crippen molar-refractivity contribution < 1.29 is 14.6 Å². The van der Waals surface area contributed by atoms with Gasteiger partial charge in [0.1, 0.15) is 5.75 Å². The summed E-state index contributed by atoms with van der Waals surface area (Å²) in [4.78, 5) is 12.6. The minimum atomic E-state index is -0.0732. The summed E-state index contributed by atoms with van der Waals surface area (Å²) in [6, 6.07) is 7.39. The molecule has 4 heteroatoms. The Bertz CT molecular complexity index is 483. The van der Waals surface area contributed by atoms with Gasteiger partial charge in [-0.05, 0) is 49.8 Å². The molecule has 1 atom stereocenters. The maximum absolute atomic E-state index is 12.6. The van der Waals surface area contributed by atoms with E-state index in [2.05, 4.69) is 12.2 Å². The number of carbonyl (C=O) groups excluding carboxylic acids is 1. The van der Waals surface area contributed by atoms with E-state index in [0.717, 1.165) is 25.0 Å². The van der Waals surface area contributed by atoms with E-state index in [0.29, 0.717) is 24.5 Å². The lowest BCUT2D eigenvalue weighted by molar-refractivity contribution is 0.0899. The fourth-order valence-electron chi connectivity index (χ4n) is 3.30. The van der Waals surface area contributed by atoms with Gasteiger partial charge < -0.3 is 15.2 Å². The van der Waals surface area contributed by atoms with Gasteiger partial charge in [-0.25, -0.2) is 0 Å². The number of carbonyl (C=O) groups is 1. The van der Waals surface area contributed by atoms with Crippen molar-refractivity contribution in [3.63, 3.8) is 0 Å². The highest BCUT2D eigenvalue weighted by atomic mass is 16.5. The average Bonchev–Trinajstić information content (AvgIpc) is 2.60. The molecule has 23 heavy (non-hydrogen) atoms. The maximum atomic E-state index is 12.6. The van der Waals surface area contributed by atoms with E-state index < -0.39 is 0 Å². The quantitative estimate of drug-likeness (QED) is 0.770. The van der Waals surface area contributed by atoms with Gasteiger partial charge in [0.05, 0.1) is 6.61 Å². The van der Waals surface area contributed by atoms with Gasteiger partial charge in [0, 0.05) is 18.2 Å². The van der Waals surface area contributed by atoms with Gasteiger partial charge in [-0.2, -0.15) is 0 Å². The predicted molar refractivity (Wildman–Crippen MR) is 91.8 cm³/mol. The molecule has 1 amide bonds. The number of aliphatic hydroxyl groups excluding tert-OH is 1. The molecule has 2 N–H and O–H groups in total. The Balaban J connectivity index is 1.99. The number of hydrogen-bond donors (Lipinski definition) is 2. The fraction of sp³-hybridized carbons (Fsp3) is 0.632. The summed E-state index contributed by atoms with van der Waals surface area (Å²) in [7, 11) is 0. The van der Waals surface area contributed by atoms with Gasteiger partial charge in [-0.1, -0.05) is 32.3 Å². The van der Waals surface area contributed by atoms with Crippen LogP contribution in [-0.2, 0) is 0 Å². The smallest absolute Gasteiger partial charge is 0.251 e. The van der Waals surface area contributed by atoms with Gasteiger partial charge in [-0.15, -0.1) is 0 Å². The van der Waals surface area contributed by atoms with Crippen LogP contribution >= 0.6 is 0 Å². The Hall–Kier alpha value is -1.55. The monoisotopic (exact) mass is 319 g/mol. The first-order valence-electron chi connectivity index (χ1n) is 8.89. The summed E-state index contributed by atoms with van der Waals surface area (Å²) in [5.74, 6) is 1.14. The summed E-state index contributed by atoms with van der Waals surface area (Å²) in [5.41, 5.74) is 0.623. The second-order valence-electron chi connectivity index (χ2n) is 6.37. The molecular formula is C19H29NO3. The molecule has 2 rings (SSSR count). The van der Waals surface area contributed by atoms with E-state index >= 15 is 0 Å². The second-order valence-corrected chi connectivity index (χ2v) is 6.37. The van der Waals surface area contributed by atoms with Crippen LogP contribution in [0, 0.1) is 5.92 Å².